The molecule has 3 heteroatoms. The van der Waals surface area contributed by atoms with Crippen molar-refractivity contribution < 1.29 is 0 Å². The number of rotatable bonds is 2. The Balaban J connectivity index is 0.000000921. The van der Waals surface area contributed by atoms with E-state index in [1.807, 2.05) is 39.8 Å². The van der Waals surface area contributed by atoms with E-state index < -0.39 is 0 Å². The average Bonchev–Trinajstić information content (AvgIpc) is 2.48. The predicted molar refractivity (Wildman–Crippen MR) is 96.4 cm³/mol. The Kier molecular flexibility index (Phi) is 9.35. The highest BCUT2D eigenvalue weighted by atomic mass is 14.7. The first kappa shape index (κ1) is 18.7. The fraction of sp³-hybridized carbons (Fsp3) is 0.278. The molecule has 114 valence electrons. The van der Waals surface area contributed by atoms with Gasteiger partial charge in [0.1, 0.15) is 0 Å². The van der Waals surface area contributed by atoms with E-state index in [1.54, 1.807) is 24.4 Å². The van der Waals surface area contributed by atoms with Gasteiger partial charge in [0, 0.05) is 17.6 Å². The second kappa shape index (κ2) is 10.5. The van der Waals surface area contributed by atoms with Crippen molar-refractivity contribution in [3.63, 3.8) is 0 Å². The molecule has 0 atom stereocenters. The molecule has 0 aliphatic carbocycles. The zero-order valence-corrected chi connectivity index (χ0v) is 13.7. The lowest BCUT2D eigenvalue weighted by atomic mass is 10.1. The van der Waals surface area contributed by atoms with Crippen molar-refractivity contribution in [3.8, 4) is 0 Å². The Morgan fingerprint density at radius 3 is 1.95 bits per heavy atom. The fourth-order valence-electron chi connectivity index (χ4n) is 1.63. The molecule has 0 fully saturated rings. The SMILES string of the molecule is CC.CC.Cc1cccc(C=Nc2cc(N)cc(N)c2)c1. The number of hydrogen-bond acceptors (Lipinski definition) is 3. The summed E-state index contributed by atoms with van der Waals surface area (Å²) in [5.41, 5.74) is 15.7. The number of anilines is 2. The minimum Gasteiger partial charge on any atom is -0.399 e. The number of nitrogens with zero attached hydrogens (tertiary/aromatic N) is 1. The number of hydrogen-bond donors (Lipinski definition) is 2. The summed E-state index contributed by atoms with van der Waals surface area (Å²) in [5, 5.41) is 0. The molecule has 0 unspecified atom stereocenters. The molecule has 0 spiro atoms. The lowest BCUT2D eigenvalue weighted by Crippen LogP contribution is -1.89. The molecule has 0 radical (unpaired) electrons. The molecule has 0 bridgehead atoms. The van der Waals surface area contributed by atoms with Crippen LogP contribution in [-0.2, 0) is 0 Å². The molecule has 0 amide bonds. The largest absolute Gasteiger partial charge is 0.399 e. The van der Waals surface area contributed by atoms with Crippen molar-refractivity contribution in [2.75, 3.05) is 11.5 Å². The van der Waals surface area contributed by atoms with Gasteiger partial charge in [-0.25, -0.2) is 0 Å². The number of nitrogens with two attached hydrogens (primary N) is 2. The minimum absolute atomic E-state index is 0.626. The quantitative estimate of drug-likeness (QED) is 0.605. The first-order chi connectivity index (χ1) is 10.1. The molecule has 0 saturated carbocycles. The molecule has 3 nitrogen and oxygen atoms in total. The van der Waals surface area contributed by atoms with Crippen LogP contribution >= 0.6 is 0 Å². The van der Waals surface area contributed by atoms with E-state index >= 15 is 0 Å². The van der Waals surface area contributed by atoms with E-state index in [1.165, 1.54) is 5.56 Å². The number of aliphatic imine (C=N–C) groups is 1. The predicted octanol–water partition coefficient (Wildman–Crippen LogP) is 4.96. The van der Waals surface area contributed by atoms with Gasteiger partial charge in [-0.1, -0.05) is 57.5 Å². The monoisotopic (exact) mass is 285 g/mol. The summed E-state index contributed by atoms with van der Waals surface area (Å²) in [5.74, 6) is 0. The molecule has 21 heavy (non-hydrogen) atoms. The Hall–Kier alpha value is -2.29. The number of nitrogen functional groups attached to an aromatic ring is 2. The Bertz CT molecular complexity index is 540. The van der Waals surface area contributed by atoms with Gasteiger partial charge >= 0.3 is 0 Å². The molecule has 0 saturated heterocycles. The third-order valence-corrected chi connectivity index (χ3v) is 2.37. The zero-order valence-electron chi connectivity index (χ0n) is 13.7. The van der Waals surface area contributed by atoms with E-state index in [0.717, 1.165) is 11.3 Å². The summed E-state index contributed by atoms with van der Waals surface area (Å²) in [7, 11) is 0. The van der Waals surface area contributed by atoms with Gasteiger partial charge < -0.3 is 11.5 Å². The highest BCUT2D eigenvalue weighted by Gasteiger charge is 1.94. The molecule has 0 aromatic heterocycles. The van der Waals surface area contributed by atoms with Crippen LogP contribution in [0.1, 0.15) is 38.8 Å². The highest BCUT2D eigenvalue weighted by Crippen LogP contribution is 2.20. The molecular formula is C18H27N3. The maximum atomic E-state index is 5.70. The lowest BCUT2D eigenvalue weighted by molar-refractivity contribution is 1.45. The van der Waals surface area contributed by atoms with Crippen molar-refractivity contribution in [3.05, 3.63) is 53.6 Å². The van der Waals surface area contributed by atoms with Gasteiger partial charge in [0.15, 0.2) is 0 Å². The third kappa shape index (κ3) is 7.16. The van der Waals surface area contributed by atoms with E-state index in [9.17, 15) is 0 Å². The van der Waals surface area contributed by atoms with Gasteiger partial charge in [0.05, 0.1) is 5.69 Å². The van der Waals surface area contributed by atoms with E-state index in [-0.39, 0.29) is 0 Å². The van der Waals surface area contributed by atoms with Gasteiger partial charge in [-0.3, -0.25) is 4.99 Å². The first-order valence-corrected chi connectivity index (χ1v) is 7.40. The van der Waals surface area contributed by atoms with Crippen LogP contribution in [0.2, 0.25) is 0 Å². The molecule has 2 aromatic rings. The Morgan fingerprint density at radius 2 is 1.43 bits per heavy atom. The summed E-state index contributed by atoms with van der Waals surface area (Å²) < 4.78 is 0. The minimum atomic E-state index is 0.626. The van der Waals surface area contributed by atoms with Crippen LogP contribution in [0.3, 0.4) is 0 Å². The van der Waals surface area contributed by atoms with E-state index in [0.29, 0.717) is 11.4 Å². The summed E-state index contributed by atoms with van der Waals surface area (Å²) in [6, 6.07) is 13.4. The smallest absolute Gasteiger partial charge is 0.0670 e. The highest BCUT2D eigenvalue weighted by molar-refractivity contribution is 5.82. The van der Waals surface area contributed by atoms with Gasteiger partial charge in [-0.05, 0) is 30.7 Å². The molecule has 2 rings (SSSR count). The van der Waals surface area contributed by atoms with E-state index in [2.05, 4.69) is 24.0 Å². The van der Waals surface area contributed by atoms with Crippen molar-refractivity contribution in [1.29, 1.82) is 0 Å². The standard InChI is InChI=1S/C14H15N3.2C2H6/c1-10-3-2-4-11(5-10)9-17-14-7-12(15)6-13(16)8-14;2*1-2/h2-9H,15-16H2,1H3;2*1-2H3. The second-order valence-corrected chi connectivity index (χ2v) is 4.03. The molecule has 0 aliphatic heterocycles. The maximum Gasteiger partial charge on any atom is 0.0670 e. The number of benzene rings is 2. The second-order valence-electron chi connectivity index (χ2n) is 4.03. The summed E-state index contributed by atoms with van der Waals surface area (Å²) in [6.07, 6.45) is 1.81. The van der Waals surface area contributed by atoms with Crippen molar-refractivity contribution in [2.45, 2.75) is 34.6 Å². The van der Waals surface area contributed by atoms with Gasteiger partial charge in [-0.2, -0.15) is 0 Å². The third-order valence-electron chi connectivity index (χ3n) is 2.37. The van der Waals surface area contributed by atoms with E-state index in [4.69, 9.17) is 11.5 Å². The lowest BCUT2D eigenvalue weighted by Gasteiger charge is -2.00. The van der Waals surface area contributed by atoms with Gasteiger partial charge in [0.2, 0.25) is 0 Å². The average molecular weight is 285 g/mol. The molecule has 0 aliphatic rings. The molecule has 4 N–H and O–H groups in total. The molecule has 2 aromatic carbocycles. The summed E-state index contributed by atoms with van der Waals surface area (Å²) in [6.45, 7) is 10.1. The molecule has 0 heterocycles. The molecular weight excluding hydrogens is 258 g/mol. The van der Waals surface area contributed by atoms with Crippen molar-refractivity contribution in [1.82, 2.24) is 0 Å². The van der Waals surface area contributed by atoms with Crippen LogP contribution in [0.5, 0.6) is 0 Å². The topological polar surface area (TPSA) is 64.4 Å². The van der Waals surface area contributed by atoms with Crippen LogP contribution in [-0.4, -0.2) is 6.21 Å². The van der Waals surface area contributed by atoms with Crippen LogP contribution in [0.15, 0.2) is 47.5 Å². The van der Waals surface area contributed by atoms with Gasteiger partial charge in [0.25, 0.3) is 0 Å². The zero-order chi connectivity index (χ0) is 16.3. The van der Waals surface area contributed by atoms with Crippen LogP contribution in [0, 0.1) is 6.92 Å². The Morgan fingerprint density at radius 1 is 0.857 bits per heavy atom. The normalized spacial score (nSPS) is 9.38. The van der Waals surface area contributed by atoms with Crippen molar-refractivity contribution in [2.24, 2.45) is 4.99 Å². The van der Waals surface area contributed by atoms with Crippen LogP contribution < -0.4 is 11.5 Å². The van der Waals surface area contributed by atoms with Crippen LogP contribution in [0.25, 0.3) is 0 Å². The Labute approximate surface area is 128 Å². The summed E-state index contributed by atoms with van der Waals surface area (Å²) in [4.78, 5) is 4.35. The number of aryl methyl sites for hydroxylation is 1. The van der Waals surface area contributed by atoms with Crippen molar-refractivity contribution >= 4 is 23.3 Å². The van der Waals surface area contributed by atoms with Crippen LogP contribution in [0.4, 0.5) is 17.1 Å². The van der Waals surface area contributed by atoms with Gasteiger partial charge in [-0.15, -0.1) is 0 Å². The fourth-order valence-corrected chi connectivity index (χ4v) is 1.63. The summed E-state index contributed by atoms with van der Waals surface area (Å²) >= 11 is 0. The maximum absolute atomic E-state index is 5.70. The first-order valence-electron chi connectivity index (χ1n) is 7.40.